The molecule has 0 saturated carbocycles. The summed E-state index contributed by atoms with van der Waals surface area (Å²) in [6.45, 7) is 4.83. The standard InChI is InChI=1S/C24H27N7O2/c1-3-16(2)19(12-13-22(32)33)24-25-15-26-31(24)14-17-8-10-18(11-9-17)20-6-4-5-7-21(20)23-27-29-30-28-23/h4-11,15-16,19H,3,12-14H2,1-2H3,(H,32,33)(H,27,28,29,30). The van der Waals surface area contributed by atoms with Crippen LogP contribution in [0.25, 0.3) is 22.5 Å². The summed E-state index contributed by atoms with van der Waals surface area (Å²) in [5.74, 6) is 0.980. The summed E-state index contributed by atoms with van der Waals surface area (Å²) in [5, 5.41) is 28.0. The van der Waals surface area contributed by atoms with Crippen LogP contribution in [-0.4, -0.2) is 46.5 Å². The van der Waals surface area contributed by atoms with Crippen LogP contribution < -0.4 is 0 Å². The number of carboxylic acids is 1. The molecule has 2 aromatic heterocycles. The molecule has 9 nitrogen and oxygen atoms in total. The molecule has 0 radical (unpaired) electrons. The summed E-state index contributed by atoms with van der Waals surface area (Å²) < 4.78 is 1.89. The molecule has 0 aliphatic rings. The molecular formula is C24H27N7O2. The van der Waals surface area contributed by atoms with Crippen LogP contribution in [0.15, 0.2) is 54.9 Å². The van der Waals surface area contributed by atoms with Crippen LogP contribution in [0.3, 0.4) is 0 Å². The van der Waals surface area contributed by atoms with E-state index in [4.69, 9.17) is 5.11 Å². The second-order valence-electron chi connectivity index (χ2n) is 8.18. The highest BCUT2D eigenvalue weighted by Crippen LogP contribution is 2.31. The fourth-order valence-electron chi connectivity index (χ4n) is 4.08. The monoisotopic (exact) mass is 445 g/mol. The number of hydrogen-bond donors (Lipinski definition) is 2. The molecule has 9 heteroatoms. The van der Waals surface area contributed by atoms with E-state index in [2.05, 4.69) is 68.8 Å². The van der Waals surface area contributed by atoms with Crippen molar-refractivity contribution in [2.45, 2.75) is 45.6 Å². The number of carboxylic acid groups (broad SMARTS) is 1. The van der Waals surface area contributed by atoms with Gasteiger partial charge in [0.15, 0.2) is 0 Å². The number of nitrogens with zero attached hydrogens (tertiary/aromatic N) is 6. The molecule has 2 unspecified atom stereocenters. The van der Waals surface area contributed by atoms with Crippen LogP contribution in [0.2, 0.25) is 0 Å². The molecule has 170 valence electrons. The van der Waals surface area contributed by atoms with Crippen molar-refractivity contribution >= 4 is 5.97 Å². The van der Waals surface area contributed by atoms with E-state index >= 15 is 0 Å². The molecule has 0 bridgehead atoms. The van der Waals surface area contributed by atoms with Gasteiger partial charge in [-0.25, -0.2) is 9.67 Å². The minimum absolute atomic E-state index is 0.0507. The Morgan fingerprint density at radius 1 is 1.12 bits per heavy atom. The van der Waals surface area contributed by atoms with Gasteiger partial charge in [-0.1, -0.05) is 68.8 Å². The Kier molecular flexibility index (Phi) is 6.87. The van der Waals surface area contributed by atoms with Crippen molar-refractivity contribution in [1.82, 2.24) is 35.4 Å². The summed E-state index contributed by atoms with van der Waals surface area (Å²) in [6.07, 6.45) is 3.18. The van der Waals surface area contributed by atoms with Crippen LogP contribution in [0.4, 0.5) is 0 Å². The topological polar surface area (TPSA) is 122 Å². The number of tetrazole rings is 1. The molecule has 0 fully saturated rings. The van der Waals surface area contributed by atoms with Crippen molar-refractivity contribution in [2.75, 3.05) is 0 Å². The molecule has 4 rings (SSSR count). The first-order chi connectivity index (χ1) is 16.1. The lowest BCUT2D eigenvalue weighted by atomic mass is 9.87. The van der Waals surface area contributed by atoms with E-state index in [0.717, 1.165) is 34.5 Å². The second-order valence-corrected chi connectivity index (χ2v) is 8.18. The average Bonchev–Trinajstić information content (AvgIpc) is 3.52. The normalized spacial score (nSPS) is 13.0. The maximum Gasteiger partial charge on any atom is 0.303 e. The smallest absolute Gasteiger partial charge is 0.303 e. The quantitative estimate of drug-likeness (QED) is 0.376. The van der Waals surface area contributed by atoms with E-state index in [0.29, 0.717) is 24.7 Å². The predicted molar refractivity (Wildman–Crippen MR) is 123 cm³/mol. The Bertz CT molecular complexity index is 1190. The summed E-state index contributed by atoms with van der Waals surface area (Å²) in [7, 11) is 0. The summed E-state index contributed by atoms with van der Waals surface area (Å²) in [5.41, 5.74) is 4.07. The number of aliphatic carboxylic acids is 1. The predicted octanol–water partition coefficient (Wildman–Crippen LogP) is 4.17. The molecule has 2 aromatic carbocycles. The number of aromatic amines is 1. The molecule has 2 atom stereocenters. The third kappa shape index (κ3) is 5.14. The van der Waals surface area contributed by atoms with Gasteiger partial charge in [0.05, 0.1) is 6.54 Å². The second kappa shape index (κ2) is 10.2. The summed E-state index contributed by atoms with van der Waals surface area (Å²) in [6, 6.07) is 16.2. The zero-order chi connectivity index (χ0) is 23.2. The zero-order valence-electron chi connectivity index (χ0n) is 18.7. The van der Waals surface area contributed by atoms with Gasteiger partial charge in [-0.3, -0.25) is 4.79 Å². The van der Waals surface area contributed by atoms with Crippen molar-refractivity contribution in [3.8, 4) is 22.5 Å². The molecule has 0 aliphatic carbocycles. The molecule has 0 spiro atoms. The lowest BCUT2D eigenvalue weighted by molar-refractivity contribution is -0.137. The van der Waals surface area contributed by atoms with Gasteiger partial charge >= 0.3 is 5.97 Å². The first-order valence-corrected chi connectivity index (χ1v) is 11.1. The van der Waals surface area contributed by atoms with E-state index in [-0.39, 0.29) is 12.3 Å². The highest BCUT2D eigenvalue weighted by molar-refractivity contribution is 5.80. The first kappa shape index (κ1) is 22.3. The van der Waals surface area contributed by atoms with E-state index in [9.17, 15) is 4.79 Å². The van der Waals surface area contributed by atoms with Gasteiger partial charge in [-0.2, -0.15) is 10.3 Å². The Morgan fingerprint density at radius 2 is 1.88 bits per heavy atom. The van der Waals surface area contributed by atoms with Crippen LogP contribution in [0.1, 0.15) is 50.4 Å². The summed E-state index contributed by atoms with van der Waals surface area (Å²) >= 11 is 0. The molecule has 2 heterocycles. The Morgan fingerprint density at radius 3 is 2.55 bits per heavy atom. The van der Waals surface area contributed by atoms with E-state index in [1.807, 2.05) is 28.9 Å². The highest BCUT2D eigenvalue weighted by Gasteiger charge is 2.24. The Hall–Kier alpha value is -3.88. The lowest BCUT2D eigenvalue weighted by Crippen LogP contribution is -2.18. The van der Waals surface area contributed by atoms with E-state index in [1.165, 1.54) is 0 Å². The maximum atomic E-state index is 11.2. The van der Waals surface area contributed by atoms with Crippen LogP contribution in [0, 0.1) is 5.92 Å². The third-order valence-electron chi connectivity index (χ3n) is 6.09. The number of carbonyl (C=O) groups is 1. The van der Waals surface area contributed by atoms with Crippen LogP contribution >= 0.6 is 0 Å². The van der Waals surface area contributed by atoms with Gasteiger partial charge in [0.2, 0.25) is 5.82 Å². The van der Waals surface area contributed by atoms with Gasteiger partial charge in [0.1, 0.15) is 12.2 Å². The first-order valence-electron chi connectivity index (χ1n) is 11.1. The molecule has 4 aromatic rings. The third-order valence-corrected chi connectivity index (χ3v) is 6.09. The number of hydrogen-bond acceptors (Lipinski definition) is 6. The van der Waals surface area contributed by atoms with Gasteiger partial charge in [0, 0.05) is 17.9 Å². The average molecular weight is 446 g/mol. The van der Waals surface area contributed by atoms with Crippen LogP contribution in [-0.2, 0) is 11.3 Å². The zero-order valence-corrected chi connectivity index (χ0v) is 18.7. The number of rotatable bonds is 10. The van der Waals surface area contributed by atoms with Crippen molar-refractivity contribution in [2.24, 2.45) is 5.92 Å². The van der Waals surface area contributed by atoms with E-state index < -0.39 is 5.97 Å². The maximum absolute atomic E-state index is 11.2. The molecule has 0 aliphatic heterocycles. The number of aromatic nitrogens is 7. The fraction of sp³-hybridized carbons (Fsp3) is 0.333. The van der Waals surface area contributed by atoms with Gasteiger partial charge in [-0.05, 0) is 34.2 Å². The molecule has 0 saturated heterocycles. The van der Waals surface area contributed by atoms with E-state index in [1.54, 1.807) is 6.33 Å². The summed E-state index contributed by atoms with van der Waals surface area (Å²) in [4.78, 5) is 15.7. The molecule has 0 amide bonds. The molecular weight excluding hydrogens is 418 g/mol. The minimum atomic E-state index is -0.786. The number of H-pyrrole nitrogens is 1. The van der Waals surface area contributed by atoms with Crippen LogP contribution in [0.5, 0.6) is 0 Å². The highest BCUT2D eigenvalue weighted by atomic mass is 16.4. The van der Waals surface area contributed by atoms with Crippen molar-refractivity contribution in [1.29, 1.82) is 0 Å². The van der Waals surface area contributed by atoms with Gasteiger partial charge in [-0.15, -0.1) is 10.2 Å². The van der Waals surface area contributed by atoms with Crippen molar-refractivity contribution in [3.63, 3.8) is 0 Å². The Labute approximate surface area is 191 Å². The number of benzene rings is 2. The largest absolute Gasteiger partial charge is 0.481 e. The lowest BCUT2D eigenvalue weighted by Gasteiger charge is -2.22. The van der Waals surface area contributed by atoms with Gasteiger partial charge in [0.25, 0.3) is 0 Å². The molecule has 2 N–H and O–H groups in total. The molecule has 33 heavy (non-hydrogen) atoms. The minimum Gasteiger partial charge on any atom is -0.481 e. The van der Waals surface area contributed by atoms with Crippen molar-refractivity contribution in [3.05, 3.63) is 66.2 Å². The fourth-order valence-corrected chi connectivity index (χ4v) is 4.08. The number of nitrogens with one attached hydrogen (secondary N) is 1. The SMILES string of the molecule is CCC(C)C(CCC(=O)O)c1ncnn1Cc1ccc(-c2ccccc2-c2nn[nH]n2)cc1. The van der Waals surface area contributed by atoms with Crippen molar-refractivity contribution < 1.29 is 9.90 Å². The Balaban J connectivity index is 1.56. The van der Waals surface area contributed by atoms with Gasteiger partial charge < -0.3 is 5.11 Å².